The highest BCUT2D eigenvalue weighted by Crippen LogP contribution is 2.23. The molecular formula is C25H27N3O4. The van der Waals surface area contributed by atoms with Crippen LogP contribution in [0.4, 0.5) is 0 Å². The molecule has 0 saturated carbocycles. The molecule has 4 amide bonds. The van der Waals surface area contributed by atoms with E-state index in [1.165, 1.54) is 4.90 Å². The van der Waals surface area contributed by atoms with Gasteiger partial charge >= 0.3 is 0 Å². The van der Waals surface area contributed by atoms with Crippen LogP contribution in [-0.2, 0) is 4.79 Å². The Labute approximate surface area is 187 Å². The molecule has 32 heavy (non-hydrogen) atoms. The first kappa shape index (κ1) is 21.7. The molecule has 0 spiro atoms. The van der Waals surface area contributed by atoms with E-state index >= 15 is 0 Å². The second-order valence-electron chi connectivity index (χ2n) is 8.35. The van der Waals surface area contributed by atoms with Crippen LogP contribution < -0.4 is 5.32 Å². The molecule has 2 heterocycles. The summed E-state index contributed by atoms with van der Waals surface area (Å²) in [5.74, 6) is -0.634. The van der Waals surface area contributed by atoms with E-state index in [1.807, 2.05) is 31.2 Å². The van der Waals surface area contributed by atoms with E-state index in [2.05, 4.69) is 5.32 Å². The van der Waals surface area contributed by atoms with Gasteiger partial charge < -0.3 is 10.2 Å². The number of piperidine rings is 1. The lowest BCUT2D eigenvalue weighted by atomic mass is 10.0. The van der Waals surface area contributed by atoms with Crippen LogP contribution in [-0.4, -0.2) is 59.1 Å². The largest absolute Gasteiger partial charge is 0.349 e. The maximum atomic E-state index is 12.6. The highest BCUT2D eigenvalue weighted by Gasteiger charge is 2.34. The van der Waals surface area contributed by atoms with Gasteiger partial charge in [-0.15, -0.1) is 0 Å². The van der Waals surface area contributed by atoms with Gasteiger partial charge in [0.25, 0.3) is 17.7 Å². The molecule has 1 N–H and O–H groups in total. The minimum atomic E-state index is -0.289. The monoisotopic (exact) mass is 433 g/mol. The molecule has 0 radical (unpaired) electrons. The summed E-state index contributed by atoms with van der Waals surface area (Å²) < 4.78 is 0. The van der Waals surface area contributed by atoms with Gasteiger partial charge in [0.1, 0.15) is 0 Å². The van der Waals surface area contributed by atoms with Crippen molar-refractivity contribution >= 4 is 23.6 Å². The van der Waals surface area contributed by atoms with Crippen LogP contribution in [0.1, 0.15) is 62.3 Å². The molecule has 1 fully saturated rings. The molecule has 2 aromatic rings. The topological polar surface area (TPSA) is 86.8 Å². The second-order valence-corrected chi connectivity index (χ2v) is 8.35. The van der Waals surface area contributed by atoms with Crippen molar-refractivity contribution in [3.05, 3.63) is 70.8 Å². The Bertz CT molecular complexity index is 1020. The Morgan fingerprint density at radius 2 is 1.53 bits per heavy atom. The predicted octanol–water partition coefficient (Wildman–Crippen LogP) is 2.79. The molecule has 0 aromatic heterocycles. The van der Waals surface area contributed by atoms with Crippen LogP contribution in [0.3, 0.4) is 0 Å². The van der Waals surface area contributed by atoms with Crippen molar-refractivity contribution in [3.8, 4) is 0 Å². The zero-order valence-corrected chi connectivity index (χ0v) is 18.2. The first-order chi connectivity index (χ1) is 15.5. The number of rotatable bonds is 6. The third-order valence-electron chi connectivity index (χ3n) is 6.22. The SMILES string of the molecule is Cc1ccccc1C(=O)NC1CCN(C(=O)CCCN2C(=O)c3ccccc3C2=O)CC1. The van der Waals surface area contributed by atoms with Gasteiger partial charge in [0.05, 0.1) is 11.1 Å². The summed E-state index contributed by atoms with van der Waals surface area (Å²) in [6.07, 6.45) is 2.14. The molecule has 2 aromatic carbocycles. The molecule has 0 bridgehead atoms. The molecule has 7 heteroatoms. The Balaban J connectivity index is 1.21. The van der Waals surface area contributed by atoms with E-state index in [-0.39, 0.29) is 42.6 Å². The predicted molar refractivity (Wildman–Crippen MR) is 119 cm³/mol. The molecule has 0 atom stereocenters. The normalized spacial score (nSPS) is 16.3. The molecule has 2 aliphatic heterocycles. The maximum absolute atomic E-state index is 12.6. The Morgan fingerprint density at radius 1 is 0.938 bits per heavy atom. The molecule has 7 nitrogen and oxygen atoms in total. The van der Waals surface area contributed by atoms with Crippen LogP contribution >= 0.6 is 0 Å². The van der Waals surface area contributed by atoms with E-state index in [0.29, 0.717) is 49.0 Å². The average molecular weight is 434 g/mol. The van der Waals surface area contributed by atoms with Crippen molar-refractivity contribution in [2.24, 2.45) is 0 Å². The molecule has 0 unspecified atom stereocenters. The first-order valence-electron chi connectivity index (χ1n) is 11.0. The zero-order valence-electron chi connectivity index (χ0n) is 18.2. The average Bonchev–Trinajstić information content (AvgIpc) is 3.05. The number of carbonyl (C=O) groups is 4. The van der Waals surface area contributed by atoms with Crippen LogP contribution in [0, 0.1) is 6.92 Å². The van der Waals surface area contributed by atoms with Gasteiger partial charge in [-0.05, 0) is 49.9 Å². The van der Waals surface area contributed by atoms with Gasteiger partial charge in [-0.1, -0.05) is 30.3 Å². The summed E-state index contributed by atoms with van der Waals surface area (Å²) in [6, 6.07) is 14.3. The molecule has 4 rings (SSSR count). The number of aryl methyl sites for hydroxylation is 1. The quantitative estimate of drug-likeness (QED) is 0.710. The number of hydrogen-bond acceptors (Lipinski definition) is 4. The number of hydrogen-bond donors (Lipinski definition) is 1. The third-order valence-corrected chi connectivity index (χ3v) is 6.22. The molecule has 1 saturated heterocycles. The number of nitrogens with zero attached hydrogens (tertiary/aromatic N) is 2. The van der Waals surface area contributed by atoms with Crippen molar-refractivity contribution in [1.82, 2.24) is 15.1 Å². The number of imide groups is 1. The van der Waals surface area contributed by atoms with Gasteiger partial charge in [-0.2, -0.15) is 0 Å². The Kier molecular flexibility index (Phi) is 6.35. The number of carbonyl (C=O) groups excluding carboxylic acids is 4. The summed E-state index contributed by atoms with van der Waals surface area (Å²) in [6.45, 7) is 3.33. The van der Waals surface area contributed by atoms with Crippen LogP contribution in [0.2, 0.25) is 0 Å². The molecular weight excluding hydrogens is 406 g/mol. The van der Waals surface area contributed by atoms with Crippen LogP contribution in [0.25, 0.3) is 0 Å². The van der Waals surface area contributed by atoms with E-state index in [0.717, 1.165) is 5.56 Å². The summed E-state index contributed by atoms with van der Waals surface area (Å²) >= 11 is 0. The van der Waals surface area contributed by atoms with Gasteiger partial charge in [0, 0.05) is 37.7 Å². The summed E-state index contributed by atoms with van der Waals surface area (Å²) in [7, 11) is 0. The summed E-state index contributed by atoms with van der Waals surface area (Å²) in [5, 5.41) is 3.08. The number of benzene rings is 2. The highest BCUT2D eigenvalue weighted by molar-refractivity contribution is 6.21. The van der Waals surface area contributed by atoms with Crippen molar-refractivity contribution in [3.63, 3.8) is 0 Å². The number of fused-ring (bicyclic) bond motifs is 1. The lowest BCUT2D eigenvalue weighted by molar-refractivity contribution is -0.132. The fourth-order valence-corrected chi connectivity index (χ4v) is 4.35. The summed E-state index contributed by atoms with van der Waals surface area (Å²) in [5.41, 5.74) is 2.48. The minimum Gasteiger partial charge on any atom is -0.349 e. The third kappa shape index (κ3) is 4.42. The zero-order chi connectivity index (χ0) is 22.7. The number of likely N-dealkylation sites (tertiary alicyclic amines) is 1. The van der Waals surface area contributed by atoms with Crippen molar-refractivity contribution in [2.75, 3.05) is 19.6 Å². The lowest BCUT2D eigenvalue weighted by Gasteiger charge is -2.32. The molecule has 2 aliphatic rings. The van der Waals surface area contributed by atoms with Gasteiger partial charge in [0.2, 0.25) is 5.91 Å². The fourth-order valence-electron chi connectivity index (χ4n) is 4.35. The van der Waals surface area contributed by atoms with E-state index < -0.39 is 0 Å². The van der Waals surface area contributed by atoms with Gasteiger partial charge in [-0.3, -0.25) is 24.1 Å². The van der Waals surface area contributed by atoms with Crippen molar-refractivity contribution in [2.45, 2.75) is 38.6 Å². The molecule has 0 aliphatic carbocycles. The van der Waals surface area contributed by atoms with Crippen LogP contribution in [0.5, 0.6) is 0 Å². The smallest absolute Gasteiger partial charge is 0.261 e. The molecule has 166 valence electrons. The second kappa shape index (κ2) is 9.34. The maximum Gasteiger partial charge on any atom is 0.261 e. The fraction of sp³-hybridized carbons (Fsp3) is 0.360. The highest BCUT2D eigenvalue weighted by atomic mass is 16.2. The summed E-state index contributed by atoms with van der Waals surface area (Å²) in [4.78, 5) is 52.9. The minimum absolute atomic E-state index is 0.0188. The first-order valence-corrected chi connectivity index (χ1v) is 11.0. The number of nitrogens with one attached hydrogen (secondary N) is 1. The Morgan fingerprint density at radius 3 is 2.16 bits per heavy atom. The standard InChI is InChI=1S/C25H27N3O4/c1-17-7-2-3-8-19(17)23(30)26-18-12-15-27(16-13-18)22(29)11-6-14-28-24(31)20-9-4-5-10-21(20)25(28)32/h2-5,7-10,18H,6,11-16H2,1H3,(H,26,30). The lowest BCUT2D eigenvalue weighted by Crippen LogP contribution is -2.46. The van der Waals surface area contributed by atoms with E-state index in [9.17, 15) is 19.2 Å². The van der Waals surface area contributed by atoms with Crippen LogP contribution in [0.15, 0.2) is 48.5 Å². The van der Waals surface area contributed by atoms with Crippen molar-refractivity contribution < 1.29 is 19.2 Å². The van der Waals surface area contributed by atoms with Crippen molar-refractivity contribution in [1.29, 1.82) is 0 Å². The number of amides is 4. The van der Waals surface area contributed by atoms with Gasteiger partial charge in [0.15, 0.2) is 0 Å². The van der Waals surface area contributed by atoms with E-state index in [4.69, 9.17) is 0 Å². The van der Waals surface area contributed by atoms with E-state index in [1.54, 1.807) is 29.2 Å². The Hall–Kier alpha value is -3.48. The van der Waals surface area contributed by atoms with Gasteiger partial charge in [-0.25, -0.2) is 0 Å².